The van der Waals surface area contributed by atoms with Crippen LogP contribution in [0.3, 0.4) is 0 Å². The minimum absolute atomic E-state index is 0.144. The van der Waals surface area contributed by atoms with E-state index in [0.717, 1.165) is 5.56 Å². The summed E-state index contributed by atoms with van der Waals surface area (Å²) in [5, 5.41) is 29.6. The molecule has 0 radical (unpaired) electrons. The number of benzene rings is 2. The number of para-hydroxylation sites is 1. The summed E-state index contributed by atoms with van der Waals surface area (Å²) in [5.41, 5.74) is 2.65. The van der Waals surface area contributed by atoms with Gasteiger partial charge in [0.2, 0.25) is 0 Å². The van der Waals surface area contributed by atoms with Crippen molar-refractivity contribution in [1.82, 2.24) is 0 Å². The predicted molar refractivity (Wildman–Crippen MR) is 70.2 cm³/mol. The van der Waals surface area contributed by atoms with Gasteiger partial charge in [0.1, 0.15) is 17.2 Å². The number of phenolic OH excluding ortho intramolecular Hbond substituents is 3. The van der Waals surface area contributed by atoms with Crippen LogP contribution in [0.1, 0.15) is 22.3 Å². The number of rotatable bonds is 2. The van der Waals surface area contributed by atoms with Crippen LogP contribution in [0.15, 0.2) is 30.3 Å². The van der Waals surface area contributed by atoms with Crippen LogP contribution in [0.25, 0.3) is 0 Å². The Kier molecular flexibility index (Phi) is 3.15. The van der Waals surface area contributed by atoms with Gasteiger partial charge in [-0.05, 0) is 42.7 Å². The molecule has 2 aromatic carbocycles. The average molecular weight is 244 g/mol. The van der Waals surface area contributed by atoms with Crippen molar-refractivity contribution in [1.29, 1.82) is 0 Å². The Bertz CT molecular complexity index is 589. The van der Waals surface area contributed by atoms with Gasteiger partial charge in [-0.25, -0.2) is 0 Å². The van der Waals surface area contributed by atoms with E-state index in [2.05, 4.69) is 0 Å². The first-order chi connectivity index (χ1) is 8.50. The van der Waals surface area contributed by atoms with Crippen LogP contribution in [0.4, 0.5) is 0 Å². The minimum atomic E-state index is 0.144. The normalized spacial score (nSPS) is 10.6. The average Bonchev–Trinajstić information content (AvgIpc) is 2.34. The Morgan fingerprint density at radius 2 is 1.61 bits per heavy atom. The molecule has 0 aromatic heterocycles. The van der Waals surface area contributed by atoms with Gasteiger partial charge >= 0.3 is 0 Å². The highest BCUT2D eigenvalue weighted by atomic mass is 16.3. The fourth-order valence-corrected chi connectivity index (χ4v) is 2.07. The van der Waals surface area contributed by atoms with Crippen molar-refractivity contribution in [3.05, 3.63) is 52.6 Å². The fourth-order valence-electron chi connectivity index (χ4n) is 2.07. The van der Waals surface area contributed by atoms with Gasteiger partial charge in [-0.15, -0.1) is 0 Å². The maximum atomic E-state index is 9.96. The van der Waals surface area contributed by atoms with Gasteiger partial charge in [0.25, 0.3) is 0 Å². The van der Waals surface area contributed by atoms with E-state index in [1.165, 1.54) is 6.07 Å². The van der Waals surface area contributed by atoms with Crippen LogP contribution in [-0.4, -0.2) is 15.3 Å². The molecule has 3 nitrogen and oxygen atoms in total. The molecule has 0 amide bonds. The largest absolute Gasteiger partial charge is 0.508 e. The zero-order valence-electron chi connectivity index (χ0n) is 10.4. The fraction of sp³-hybridized carbons (Fsp3) is 0.200. The van der Waals surface area contributed by atoms with Crippen LogP contribution in [0.2, 0.25) is 0 Å². The van der Waals surface area contributed by atoms with Crippen LogP contribution in [-0.2, 0) is 6.42 Å². The molecule has 3 N–H and O–H groups in total. The lowest BCUT2D eigenvalue weighted by Gasteiger charge is -2.13. The van der Waals surface area contributed by atoms with Crippen LogP contribution in [0, 0.1) is 13.8 Å². The smallest absolute Gasteiger partial charge is 0.121 e. The minimum Gasteiger partial charge on any atom is -0.508 e. The number of aryl methyl sites for hydroxylation is 1. The zero-order chi connectivity index (χ0) is 13.3. The van der Waals surface area contributed by atoms with Crippen LogP contribution < -0.4 is 0 Å². The van der Waals surface area contributed by atoms with Gasteiger partial charge in [-0.2, -0.15) is 0 Å². The Balaban J connectivity index is 2.47. The third-order valence-electron chi connectivity index (χ3n) is 3.20. The number of aromatic hydroxyl groups is 3. The van der Waals surface area contributed by atoms with Gasteiger partial charge in [0.15, 0.2) is 0 Å². The second kappa shape index (κ2) is 4.61. The molecule has 0 atom stereocenters. The summed E-state index contributed by atoms with van der Waals surface area (Å²) >= 11 is 0. The Morgan fingerprint density at radius 3 is 2.28 bits per heavy atom. The number of hydrogen-bond acceptors (Lipinski definition) is 3. The molecule has 0 fully saturated rings. The highest BCUT2D eigenvalue weighted by Gasteiger charge is 2.13. The monoisotopic (exact) mass is 244 g/mol. The Hall–Kier alpha value is -2.16. The Morgan fingerprint density at radius 1 is 0.944 bits per heavy atom. The van der Waals surface area contributed by atoms with E-state index in [0.29, 0.717) is 23.1 Å². The van der Waals surface area contributed by atoms with Crippen molar-refractivity contribution < 1.29 is 15.3 Å². The van der Waals surface area contributed by atoms with Crippen molar-refractivity contribution >= 4 is 0 Å². The molecule has 0 heterocycles. The topological polar surface area (TPSA) is 60.7 Å². The zero-order valence-corrected chi connectivity index (χ0v) is 10.4. The van der Waals surface area contributed by atoms with E-state index in [1.807, 2.05) is 6.07 Å². The maximum absolute atomic E-state index is 9.96. The molecule has 0 bridgehead atoms. The lowest BCUT2D eigenvalue weighted by molar-refractivity contribution is 0.446. The first-order valence-corrected chi connectivity index (χ1v) is 5.78. The molecule has 3 heteroatoms. The van der Waals surface area contributed by atoms with E-state index in [-0.39, 0.29) is 17.2 Å². The van der Waals surface area contributed by atoms with Gasteiger partial charge in [-0.3, -0.25) is 0 Å². The summed E-state index contributed by atoms with van der Waals surface area (Å²) in [7, 11) is 0. The van der Waals surface area contributed by atoms with Gasteiger partial charge in [-0.1, -0.05) is 18.2 Å². The standard InChI is InChI=1S/C15H16O3/c1-9-7-14(17)12(10(2)15(9)18)8-11-5-3-4-6-13(11)16/h3-7,16-18H,8H2,1-2H3. The molecule has 0 aliphatic carbocycles. The van der Waals surface area contributed by atoms with Gasteiger partial charge < -0.3 is 15.3 Å². The van der Waals surface area contributed by atoms with Gasteiger partial charge in [0, 0.05) is 12.0 Å². The Labute approximate surface area is 106 Å². The quantitative estimate of drug-likeness (QED) is 0.712. The molecule has 0 saturated heterocycles. The highest BCUT2D eigenvalue weighted by Crippen LogP contribution is 2.34. The molecule has 2 aromatic rings. The predicted octanol–water partition coefficient (Wildman–Crippen LogP) is 3.01. The van der Waals surface area contributed by atoms with Crippen LogP contribution in [0.5, 0.6) is 17.2 Å². The molecule has 0 saturated carbocycles. The van der Waals surface area contributed by atoms with Crippen molar-refractivity contribution in [3.8, 4) is 17.2 Å². The molecule has 0 unspecified atom stereocenters. The van der Waals surface area contributed by atoms with Crippen molar-refractivity contribution in [3.63, 3.8) is 0 Å². The molecular formula is C15H16O3. The molecule has 18 heavy (non-hydrogen) atoms. The second-order valence-electron chi connectivity index (χ2n) is 4.47. The van der Waals surface area contributed by atoms with Crippen molar-refractivity contribution in [2.24, 2.45) is 0 Å². The molecule has 0 aliphatic heterocycles. The van der Waals surface area contributed by atoms with E-state index in [1.54, 1.807) is 32.0 Å². The summed E-state index contributed by atoms with van der Waals surface area (Å²) in [6, 6.07) is 8.52. The maximum Gasteiger partial charge on any atom is 0.121 e. The number of phenols is 3. The summed E-state index contributed by atoms with van der Waals surface area (Å²) < 4.78 is 0. The number of hydrogen-bond donors (Lipinski definition) is 3. The van der Waals surface area contributed by atoms with E-state index in [4.69, 9.17) is 0 Å². The van der Waals surface area contributed by atoms with E-state index in [9.17, 15) is 15.3 Å². The summed E-state index contributed by atoms with van der Waals surface area (Å²) in [6.45, 7) is 3.50. The summed E-state index contributed by atoms with van der Waals surface area (Å²) in [5.74, 6) is 0.528. The SMILES string of the molecule is Cc1cc(O)c(Cc2ccccc2O)c(C)c1O. The molecule has 0 spiro atoms. The summed E-state index contributed by atoms with van der Waals surface area (Å²) in [6.07, 6.45) is 0.387. The molecule has 94 valence electrons. The lowest BCUT2D eigenvalue weighted by atomic mass is 9.96. The first-order valence-electron chi connectivity index (χ1n) is 5.78. The molecule has 0 aliphatic rings. The van der Waals surface area contributed by atoms with Crippen molar-refractivity contribution in [2.45, 2.75) is 20.3 Å². The molecular weight excluding hydrogens is 228 g/mol. The van der Waals surface area contributed by atoms with E-state index >= 15 is 0 Å². The third kappa shape index (κ3) is 2.12. The molecule has 2 rings (SSSR count). The van der Waals surface area contributed by atoms with Crippen molar-refractivity contribution in [2.75, 3.05) is 0 Å². The van der Waals surface area contributed by atoms with Gasteiger partial charge in [0.05, 0.1) is 0 Å². The second-order valence-corrected chi connectivity index (χ2v) is 4.47. The van der Waals surface area contributed by atoms with Crippen LogP contribution >= 0.6 is 0 Å². The highest BCUT2D eigenvalue weighted by molar-refractivity contribution is 5.53. The lowest BCUT2D eigenvalue weighted by Crippen LogP contribution is -1.95. The van der Waals surface area contributed by atoms with E-state index < -0.39 is 0 Å². The summed E-state index contributed by atoms with van der Waals surface area (Å²) in [4.78, 5) is 0. The third-order valence-corrected chi connectivity index (χ3v) is 3.20. The first kappa shape index (κ1) is 12.3.